The summed E-state index contributed by atoms with van der Waals surface area (Å²) in [4.78, 5) is 47.9. The van der Waals surface area contributed by atoms with Gasteiger partial charge in [0.15, 0.2) is 0 Å². The Kier molecular flexibility index (Phi) is 5.86. The Hall–Kier alpha value is -3.61. The number of H-pyrrole nitrogens is 1. The van der Waals surface area contributed by atoms with E-state index in [1.165, 1.54) is 7.11 Å². The van der Waals surface area contributed by atoms with Gasteiger partial charge in [-0.1, -0.05) is 6.42 Å². The van der Waals surface area contributed by atoms with Gasteiger partial charge in [0.1, 0.15) is 17.8 Å². The maximum absolute atomic E-state index is 13.6. The van der Waals surface area contributed by atoms with Crippen molar-refractivity contribution in [1.29, 1.82) is 5.26 Å². The predicted molar refractivity (Wildman–Crippen MR) is 122 cm³/mol. The minimum atomic E-state index is -0.776. The zero-order valence-electron chi connectivity index (χ0n) is 19.0. The van der Waals surface area contributed by atoms with Crippen LogP contribution in [0.2, 0.25) is 0 Å². The van der Waals surface area contributed by atoms with E-state index < -0.39 is 12.1 Å². The summed E-state index contributed by atoms with van der Waals surface area (Å²) >= 11 is 0. The van der Waals surface area contributed by atoms with Crippen molar-refractivity contribution < 1.29 is 19.1 Å². The molecule has 0 spiro atoms. The van der Waals surface area contributed by atoms with Crippen molar-refractivity contribution in [2.75, 3.05) is 20.2 Å². The number of amides is 3. The molecule has 3 aliphatic rings. The smallest absolute Gasteiger partial charge is 0.271 e. The maximum atomic E-state index is 13.6. The standard InChI is InChI=1S/C24H28N6O4/c1-34-23-17-10-19(29-18(17)6-8-27-23)24(33)30-12-14-3-2-4-16(14)20(30)22(32)28-15(11-25)9-13-5-7-26-21(13)31/h6,8,10,13-16,20,29H,2-5,7,9,12H2,1H3,(H,26,31)(H,28,32)/t13-,14-,15?,16-,20-/m0/s1. The Balaban J connectivity index is 1.37. The number of pyridine rings is 1. The molecule has 1 aliphatic carbocycles. The molecule has 2 aliphatic heterocycles. The van der Waals surface area contributed by atoms with Gasteiger partial charge in [0, 0.05) is 25.2 Å². The fraction of sp³-hybridized carbons (Fsp3) is 0.542. The molecule has 5 atom stereocenters. The monoisotopic (exact) mass is 464 g/mol. The number of carbonyl (C=O) groups excluding carboxylic acids is 3. The Morgan fingerprint density at radius 2 is 2.24 bits per heavy atom. The first-order valence-corrected chi connectivity index (χ1v) is 11.8. The number of hydrogen-bond acceptors (Lipinski definition) is 6. The number of nitrogens with zero attached hydrogens (tertiary/aromatic N) is 3. The molecule has 178 valence electrons. The molecular weight excluding hydrogens is 436 g/mol. The van der Waals surface area contributed by atoms with Crippen LogP contribution < -0.4 is 15.4 Å². The number of hydrogen-bond donors (Lipinski definition) is 3. The van der Waals surface area contributed by atoms with Crippen LogP contribution in [0.25, 0.3) is 10.9 Å². The number of fused-ring (bicyclic) bond motifs is 2. The number of rotatable bonds is 6. The Labute approximate surface area is 197 Å². The van der Waals surface area contributed by atoms with Crippen LogP contribution in [-0.4, -0.2) is 64.9 Å². The highest BCUT2D eigenvalue weighted by molar-refractivity contribution is 6.01. The molecule has 34 heavy (non-hydrogen) atoms. The van der Waals surface area contributed by atoms with Crippen LogP contribution in [0.15, 0.2) is 18.3 Å². The average Bonchev–Trinajstić information content (AvgIpc) is 3.61. The summed E-state index contributed by atoms with van der Waals surface area (Å²) < 4.78 is 5.30. The molecule has 0 bridgehead atoms. The van der Waals surface area contributed by atoms with E-state index >= 15 is 0 Å². The average molecular weight is 465 g/mol. The van der Waals surface area contributed by atoms with Crippen LogP contribution in [0, 0.1) is 29.1 Å². The molecular formula is C24H28N6O4. The first kappa shape index (κ1) is 22.2. The summed E-state index contributed by atoms with van der Waals surface area (Å²) in [6, 6.07) is 4.20. The second-order valence-electron chi connectivity index (χ2n) is 9.42. The number of likely N-dealkylation sites (tertiary alicyclic amines) is 1. The highest BCUT2D eigenvalue weighted by Gasteiger charge is 2.50. The van der Waals surface area contributed by atoms with Gasteiger partial charge < -0.3 is 25.3 Å². The van der Waals surface area contributed by atoms with Crippen molar-refractivity contribution in [3.05, 3.63) is 24.0 Å². The molecule has 2 saturated heterocycles. The molecule has 10 nitrogen and oxygen atoms in total. The molecule has 2 aromatic heterocycles. The van der Waals surface area contributed by atoms with Crippen LogP contribution in [0.4, 0.5) is 0 Å². The Morgan fingerprint density at radius 3 is 2.97 bits per heavy atom. The summed E-state index contributed by atoms with van der Waals surface area (Å²) in [6.45, 7) is 1.10. The molecule has 0 aromatic carbocycles. The molecule has 10 heteroatoms. The zero-order valence-corrected chi connectivity index (χ0v) is 19.0. The lowest BCUT2D eigenvalue weighted by molar-refractivity contribution is -0.127. The molecule has 1 saturated carbocycles. The van der Waals surface area contributed by atoms with Gasteiger partial charge in [0.2, 0.25) is 17.7 Å². The van der Waals surface area contributed by atoms with Gasteiger partial charge in [0.25, 0.3) is 5.91 Å². The number of aromatic amines is 1. The highest BCUT2D eigenvalue weighted by atomic mass is 16.5. The van der Waals surface area contributed by atoms with Gasteiger partial charge in [-0.25, -0.2) is 4.98 Å². The van der Waals surface area contributed by atoms with Gasteiger partial charge in [-0.15, -0.1) is 0 Å². The first-order chi connectivity index (χ1) is 16.5. The van der Waals surface area contributed by atoms with E-state index in [2.05, 4.69) is 26.7 Å². The number of carbonyl (C=O) groups is 3. The van der Waals surface area contributed by atoms with Gasteiger partial charge in [-0.3, -0.25) is 14.4 Å². The molecule has 5 rings (SSSR count). The largest absolute Gasteiger partial charge is 0.481 e. The minimum Gasteiger partial charge on any atom is -0.481 e. The summed E-state index contributed by atoms with van der Waals surface area (Å²) in [5, 5.41) is 15.9. The van der Waals surface area contributed by atoms with E-state index in [1.807, 2.05) is 0 Å². The van der Waals surface area contributed by atoms with E-state index in [0.29, 0.717) is 36.5 Å². The molecule has 2 aromatic rings. The number of ether oxygens (including phenoxy) is 1. The summed E-state index contributed by atoms with van der Waals surface area (Å²) in [5.74, 6) is -0.167. The van der Waals surface area contributed by atoms with Crippen LogP contribution in [-0.2, 0) is 9.59 Å². The summed E-state index contributed by atoms with van der Waals surface area (Å²) in [6.07, 6.45) is 5.42. The van der Waals surface area contributed by atoms with Crippen molar-refractivity contribution in [3.8, 4) is 11.9 Å². The number of nitrogens with one attached hydrogen (secondary N) is 3. The van der Waals surface area contributed by atoms with Crippen LogP contribution in [0.3, 0.4) is 0 Å². The van der Waals surface area contributed by atoms with Crippen molar-refractivity contribution >= 4 is 28.6 Å². The van der Waals surface area contributed by atoms with Gasteiger partial charge >= 0.3 is 0 Å². The molecule has 3 fully saturated rings. The molecule has 1 unspecified atom stereocenters. The maximum Gasteiger partial charge on any atom is 0.271 e. The van der Waals surface area contributed by atoms with Gasteiger partial charge in [-0.2, -0.15) is 5.26 Å². The quantitative estimate of drug-likeness (QED) is 0.589. The molecule has 0 radical (unpaired) electrons. The van der Waals surface area contributed by atoms with E-state index in [9.17, 15) is 19.6 Å². The normalized spacial score (nSPS) is 26.7. The van der Waals surface area contributed by atoms with E-state index in [4.69, 9.17) is 4.74 Å². The van der Waals surface area contributed by atoms with Crippen molar-refractivity contribution in [2.24, 2.45) is 17.8 Å². The predicted octanol–water partition coefficient (Wildman–Crippen LogP) is 1.35. The highest BCUT2D eigenvalue weighted by Crippen LogP contribution is 2.43. The van der Waals surface area contributed by atoms with Crippen LogP contribution >= 0.6 is 0 Å². The van der Waals surface area contributed by atoms with Crippen molar-refractivity contribution in [2.45, 2.75) is 44.2 Å². The zero-order chi connectivity index (χ0) is 23.8. The van der Waals surface area contributed by atoms with Crippen molar-refractivity contribution in [3.63, 3.8) is 0 Å². The van der Waals surface area contributed by atoms with Gasteiger partial charge in [-0.05, 0) is 49.7 Å². The first-order valence-electron chi connectivity index (χ1n) is 11.8. The van der Waals surface area contributed by atoms with Crippen LogP contribution in [0.5, 0.6) is 5.88 Å². The van der Waals surface area contributed by atoms with Crippen LogP contribution in [0.1, 0.15) is 42.6 Å². The van der Waals surface area contributed by atoms with E-state index in [1.54, 1.807) is 23.2 Å². The lowest BCUT2D eigenvalue weighted by Crippen LogP contribution is -2.51. The Bertz CT molecular complexity index is 1170. The number of nitriles is 1. The molecule has 3 N–H and O–H groups in total. The third kappa shape index (κ3) is 3.85. The topological polar surface area (TPSA) is 140 Å². The Morgan fingerprint density at radius 1 is 1.38 bits per heavy atom. The lowest BCUT2D eigenvalue weighted by atomic mass is 9.92. The second-order valence-corrected chi connectivity index (χ2v) is 9.42. The SMILES string of the molecule is COc1nccc2[nH]c(C(=O)N3C[C@@H]4CCC[C@@H]4[C@H]3C(=O)NC(C#N)C[C@@H]3CCNC3=O)cc12. The second kappa shape index (κ2) is 8.97. The minimum absolute atomic E-state index is 0.0682. The van der Waals surface area contributed by atoms with Crippen molar-refractivity contribution in [1.82, 2.24) is 25.5 Å². The summed E-state index contributed by atoms with van der Waals surface area (Å²) in [7, 11) is 1.53. The molecule has 4 heterocycles. The van der Waals surface area contributed by atoms with E-state index in [0.717, 1.165) is 24.8 Å². The fourth-order valence-corrected chi connectivity index (χ4v) is 5.87. The molecule has 3 amide bonds. The fourth-order valence-electron chi connectivity index (χ4n) is 5.87. The third-order valence-corrected chi connectivity index (χ3v) is 7.51. The number of aromatic nitrogens is 2. The summed E-state index contributed by atoms with van der Waals surface area (Å²) in [5.41, 5.74) is 1.11. The lowest BCUT2D eigenvalue weighted by Gasteiger charge is -2.28. The van der Waals surface area contributed by atoms with E-state index in [-0.39, 0.29) is 41.9 Å². The third-order valence-electron chi connectivity index (χ3n) is 7.51. The number of methoxy groups -OCH3 is 1. The van der Waals surface area contributed by atoms with Gasteiger partial charge in [0.05, 0.1) is 24.1 Å².